The summed E-state index contributed by atoms with van der Waals surface area (Å²) in [7, 11) is 0. The number of carbonyl (C=O) groups is 1. The molecule has 0 aliphatic carbocycles. The molecule has 2 nitrogen and oxygen atoms in total. The molecular formula is C10H8O2. The van der Waals surface area contributed by atoms with E-state index in [2.05, 4.69) is 0 Å². The van der Waals surface area contributed by atoms with Gasteiger partial charge in [-0.05, 0) is 6.07 Å². The maximum atomic E-state index is 11.1. The van der Waals surface area contributed by atoms with Crippen LogP contribution in [0.5, 0.6) is 5.75 Å². The number of fused-ring (bicyclic) bond motifs is 1. The van der Waals surface area contributed by atoms with E-state index in [1.165, 1.54) is 12.3 Å². The lowest BCUT2D eigenvalue weighted by atomic mass is 10.1. The molecule has 12 heavy (non-hydrogen) atoms. The first-order valence-corrected chi connectivity index (χ1v) is 3.80. The molecule has 0 N–H and O–H groups in total. The maximum Gasteiger partial charge on any atom is 0.163 e. The van der Waals surface area contributed by atoms with Crippen LogP contribution in [0.2, 0.25) is 0 Å². The molecule has 2 rings (SSSR count). The predicted molar refractivity (Wildman–Crippen MR) is 44.9 cm³/mol. The SMILES string of the molecule is O=C1C=COc2ccccc2C1. The Morgan fingerprint density at radius 2 is 2.08 bits per heavy atom. The summed E-state index contributed by atoms with van der Waals surface area (Å²) in [6, 6.07) is 7.56. The summed E-state index contributed by atoms with van der Waals surface area (Å²) in [6.07, 6.45) is 3.33. The first-order chi connectivity index (χ1) is 5.86. The number of para-hydroxylation sites is 1. The molecule has 60 valence electrons. The molecule has 0 saturated carbocycles. The minimum absolute atomic E-state index is 0.0833. The van der Waals surface area contributed by atoms with E-state index in [9.17, 15) is 4.79 Å². The van der Waals surface area contributed by atoms with Crippen LogP contribution >= 0.6 is 0 Å². The second-order valence-electron chi connectivity index (χ2n) is 2.67. The van der Waals surface area contributed by atoms with E-state index in [0.29, 0.717) is 6.42 Å². The van der Waals surface area contributed by atoms with Crippen LogP contribution in [-0.4, -0.2) is 5.78 Å². The number of ketones is 1. The van der Waals surface area contributed by atoms with Crippen LogP contribution in [0.25, 0.3) is 0 Å². The first kappa shape index (κ1) is 7.10. The van der Waals surface area contributed by atoms with Crippen LogP contribution in [0.1, 0.15) is 5.56 Å². The fraction of sp³-hybridized carbons (Fsp3) is 0.100. The molecule has 0 fully saturated rings. The van der Waals surface area contributed by atoms with Crippen molar-refractivity contribution in [1.82, 2.24) is 0 Å². The zero-order valence-corrected chi connectivity index (χ0v) is 6.49. The Morgan fingerprint density at radius 1 is 1.25 bits per heavy atom. The molecule has 1 aromatic rings. The zero-order chi connectivity index (χ0) is 8.39. The van der Waals surface area contributed by atoms with Gasteiger partial charge in [0.2, 0.25) is 0 Å². The number of ether oxygens (including phenoxy) is 1. The van der Waals surface area contributed by atoms with Crippen molar-refractivity contribution < 1.29 is 9.53 Å². The van der Waals surface area contributed by atoms with Crippen molar-refractivity contribution in [2.45, 2.75) is 6.42 Å². The third-order valence-corrected chi connectivity index (χ3v) is 1.79. The minimum Gasteiger partial charge on any atom is -0.465 e. The van der Waals surface area contributed by atoms with Gasteiger partial charge in [-0.1, -0.05) is 18.2 Å². The smallest absolute Gasteiger partial charge is 0.163 e. The highest BCUT2D eigenvalue weighted by atomic mass is 16.5. The van der Waals surface area contributed by atoms with Gasteiger partial charge in [-0.2, -0.15) is 0 Å². The van der Waals surface area contributed by atoms with Crippen LogP contribution < -0.4 is 4.74 Å². The standard InChI is InChI=1S/C10H8O2/c11-9-5-6-12-10-4-2-1-3-8(10)7-9/h1-6H,7H2. The van der Waals surface area contributed by atoms with Crippen molar-refractivity contribution >= 4 is 5.78 Å². The Balaban J connectivity index is 2.44. The monoisotopic (exact) mass is 160 g/mol. The van der Waals surface area contributed by atoms with Crippen molar-refractivity contribution in [2.24, 2.45) is 0 Å². The average molecular weight is 160 g/mol. The Kier molecular flexibility index (Phi) is 1.67. The maximum absolute atomic E-state index is 11.1. The molecule has 0 aromatic heterocycles. The lowest BCUT2D eigenvalue weighted by Gasteiger charge is -2.02. The Bertz CT molecular complexity index is 339. The molecule has 0 atom stereocenters. The summed E-state index contributed by atoms with van der Waals surface area (Å²) in [5, 5.41) is 0. The molecule has 0 radical (unpaired) electrons. The van der Waals surface area contributed by atoms with E-state index in [1.54, 1.807) is 0 Å². The topological polar surface area (TPSA) is 26.3 Å². The van der Waals surface area contributed by atoms with Gasteiger partial charge in [0.25, 0.3) is 0 Å². The first-order valence-electron chi connectivity index (χ1n) is 3.80. The lowest BCUT2D eigenvalue weighted by molar-refractivity contribution is -0.114. The van der Waals surface area contributed by atoms with Gasteiger partial charge in [0.05, 0.1) is 6.26 Å². The molecule has 2 heteroatoms. The number of carbonyl (C=O) groups excluding carboxylic acids is 1. The van der Waals surface area contributed by atoms with E-state index in [1.807, 2.05) is 24.3 Å². The molecule has 0 spiro atoms. The van der Waals surface area contributed by atoms with Gasteiger partial charge < -0.3 is 4.74 Å². The molecule has 0 saturated heterocycles. The number of rotatable bonds is 0. The number of allylic oxidation sites excluding steroid dienone is 1. The Labute approximate surface area is 70.5 Å². The van der Waals surface area contributed by atoms with E-state index in [0.717, 1.165) is 11.3 Å². The normalized spacial score (nSPS) is 14.8. The second kappa shape index (κ2) is 2.81. The summed E-state index contributed by atoms with van der Waals surface area (Å²) >= 11 is 0. The third kappa shape index (κ3) is 1.23. The quantitative estimate of drug-likeness (QED) is 0.577. The van der Waals surface area contributed by atoms with E-state index < -0.39 is 0 Å². The highest BCUT2D eigenvalue weighted by Gasteiger charge is 2.08. The summed E-state index contributed by atoms with van der Waals surface area (Å²) in [6.45, 7) is 0. The number of hydrogen-bond acceptors (Lipinski definition) is 2. The summed E-state index contributed by atoms with van der Waals surface area (Å²) < 4.78 is 5.22. The summed E-state index contributed by atoms with van der Waals surface area (Å²) in [5.41, 5.74) is 0.951. The molecule has 0 bridgehead atoms. The summed E-state index contributed by atoms with van der Waals surface area (Å²) in [5.74, 6) is 0.861. The van der Waals surface area contributed by atoms with E-state index in [4.69, 9.17) is 4.74 Å². The van der Waals surface area contributed by atoms with Crippen molar-refractivity contribution in [1.29, 1.82) is 0 Å². The molecule has 1 aliphatic heterocycles. The van der Waals surface area contributed by atoms with Crippen LogP contribution in [0.3, 0.4) is 0 Å². The van der Waals surface area contributed by atoms with Gasteiger partial charge in [-0.25, -0.2) is 0 Å². The molecule has 1 heterocycles. The van der Waals surface area contributed by atoms with Gasteiger partial charge in [-0.3, -0.25) is 4.79 Å². The van der Waals surface area contributed by atoms with Crippen LogP contribution in [-0.2, 0) is 11.2 Å². The minimum atomic E-state index is 0.0833. The van der Waals surface area contributed by atoms with Gasteiger partial charge in [0.1, 0.15) is 5.75 Å². The number of benzene rings is 1. The lowest BCUT2D eigenvalue weighted by Crippen LogP contribution is -1.96. The van der Waals surface area contributed by atoms with Crippen LogP contribution in [0.15, 0.2) is 36.6 Å². The average Bonchev–Trinajstić information content (AvgIpc) is 2.25. The van der Waals surface area contributed by atoms with Crippen molar-refractivity contribution in [3.8, 4) is 5.75 Å². The van der Waals surface area contributed by atoms with E-state index >= 15 is 0 Å². The van der Waals surface area contributed by atoms with Crippen molar-refractivity contribution in [2.75, 3.05) is 0 Å². The fourth-order valence-corrected chi connectivity index (χ4v) is 1.19. The van der Waals surface area contributed by atoms with Gasteiger partial charge in [0, 0.05) is 18.1 Å². The van der Waals surface area contributed by atoms with Crippen LogP contribution in [0, 0.1) is 0 Å². The van der Waals surface area contributed by atoms with Crippen molar-refractivity contribution in [3.63, 3.8) is 0 Å². The third-order valence-electron chi connectivity index (χ3n) is 1.79. The highest BCUT2D eigenvalue weighted by molar-refractivity contribution is 5.92. The Morgan fingerprint density at radius 3 is 3.00 bits per heavy atom. The Hall–Kier alpha value is -1.57. The largest absolute Gasteiger partial charge is 0.465 e. The fourth-order valence-electron chi connectivity index (χ4n) is 1.19. The molecular weight excluding hydrogens is 152 g/mol. The predicted octanol–water partition coefficient (Wildman–Crippen LogP) is 1.70. The summed E-state index contributed by atoms with van der Waals surface area (Å²) in [4.78, 5) is 11.1. The van der Waals surface area contributed by atoms with Crippen LogP contribution in [0.4, 0.5) is 0 Å². The molecule has 1 aromatic carbocycles. The van der Waals surface area contributed by atoms with Gasteiger partial charge in [0.15, 0.2) is 5.78 Å². The van der Waals surface area contributed by atoms with Gasteiger partial charge >= 0.3 is 0 Å². The van der Waals surface area contributed by atoms with E-state index in [-0.39, 0.29) is 5.78 Å². The number of hydrogen-bond donors (Lipinski definition) is 0. The van der Waals surface area contributed by atoms with Gasteiger partial charge in [-0.15, -0.1) is 0 Å². The van der Waals surface area contributed by atoms with Crippen molar-refractivity contribution in [3.05, 3.63) is 42.2 Å². The second-order valence-corrected chi connectivity index (χ2v) is 2.67. The zero-order valence-electron chi connectivity index (χ0n) is 6.49. The molecule has 1 aliphatic rings. The molecule has 0 amide bonds. The molecule has 0 unspecified atom stereocenters. The highest BCUT2D eigenvalue weighted by Crippen LogP contribution is 2.20.